The van der Waals surface area contributed by atoms with E-state index in [2.05, 4.69) is 30.8 Å². The van der Waals surface area contributed by atoms with E-state index < -0.39 is 0 Å². The highest BCUT2D eigenvalue weighted by atomic mass is 16.5. The number of ether oxygens (including phenoxy) is 1. The summed E-state index contributed by atoms with van der Waals surface area (Å²) in [6.45, 7) is 6.43. The van der Waals surface area contributed by atoms with E-state index in [1.807, 2.05) is 12.3 Å². The van der Waals surface area contributed by atoms with Gasteiger partial charge in [-0.3, -0.25) is 0 Å². The molecule has 1 aromatic heterocycles. The summed E-state index contributed by atoms with van der Waals surface area (Å²) in [4.78, 5) is 6.52. The normalized spacial score (nSPS) is 10.7. The van der Waals surface area contributed by atoms with E-state index in [9.17, 15) is 0 Å². The summed E-state index contributed by atoms with van der Waals surface area (Å²) in [6, 6.07) is 1.99. The number of methoxy groups -OCH3 is 1. The van der Waals surface area contributed by atoms with Crippen molar-refractivity contribution in [3.05, 3.63) is 23.4 Å². The largest absolute Gasteiger partial charge is 0.481 e. The predicted octanol–water partition coefficient (Wildman–Crippen LogP) is 1.89. The van der Waals surface area contributed by atoms with E-state index in [1.54, 1.807) is 7.11 Å². The number of hydrogen-bond acceptors (Lipinski definition) is 3. The summed E-state index contributed by atoms with van der Waals surface area (Å²) >= 11 is 0. The molecule has 0 saturated heterocycles. The van der Waals surface area contributed by atoms with Gasteiger partial charge in [-0.15, -0.1) is 0 Å². The van der Waals surface area contributed by atoms with E-state index in [-0.39, 0.29) is 0 Å². The smallest absolute Gasteiger partial charge is 0.213 e. The third-order valence-electron chi connectivity index (χ3n) is 2.71. The molecule has 0 amide bonds. The van der Waals surface area contributed by atoms with Gasteiger partial charge in [-0.1, -0.05) is 6.92 Å². The molecule has 1 aromatic rings. The second-order valence-electron chi connectivity index (χ2n) is 3.80. The van der Waals surface area contributed by atoms with Gasteiger partial charge in [0.05, 0.1) is 7.11 Å². The average Bonchev–Trinajstić information content (AvgIpc) is 2.26. The number of nitrogens with zero attached hydrogens (tertiary/aromatic N) is 2. The molecular formula is C12H20N2O. The maximum atomic E-state index is 5.08. The molecule has 84 valence electrons. The molecule has 0 unspecified atom stereocenters. The van der Waals surface area contributed by atoms with Crippen molar-refractivity contribution >= 4 is 0 Å². The second kappa shape index (κ2) is 5.71. The minimum atomic E-state index is 0.695. The van der Waals surface area contributed by atoms with Gasteiger partial charge >= 0.3 is 0 Å². The first-order chi connectivity index (χ1) is 7.17. The Hall–Kier alpha value is -1.09. The van der Waals surface area contributed by atoms with Crippen LogP contribution >= 0.6 is 0 Å². The summed E-state index contributed by atoms with van der Waals surface area (Å²) in [5, 5.41) is 0. The lowest BCUT2D eigenvalue weighted by Gasteiger charge is -2.14. The van der Waals surface area contributed by atoms with Crippen LogP contribution in [0.3, 0.4) is 0 Å². The fourth-order valence-electron chi connectivity index (χ4n) is 1.40. The molecule has 0 atom stereocenters. The minimum Gasteiger partial charge on any atom is -0.481 e. The van der Waals surface area contributed by atoms with Gasteiger partial charge in [0.1, 0.15) is 0 Å². The van der Waals surface area contributed by atoms with Crippen LogP contribution in [0.15, 0.2) is 12.3 Å². The number of hydrogen-bond donors (Lipinski definition) is 0. The molecule has 0 N–H and O–H groups in total. The van der Waals surface area contributed by atoms with E-state index in [1.165, 1.54) is 11.1 Å². The third-order valence-corrected chi connectivity index (χ3v) is 2.71. The SMILES string of the molecule is CCN(C)CCc1cnc(OC)cc1C. The lowest BCUT2D eigenvalue weighted by atomic mass is 10.1. The van der Waals surface area contributed by atoms with Crippen molar-refractivity contribution in [1.29, 1.82) is 0 Å². The van der Waals surface area contributed by atoms with Gasteiger partial charge in [0.25, 0.3) is 0 Å². The Morgan fingerprint density at radius 2 is 2.20 bits per heavy atom. The van der Waals surface area contributed by atoms with Crippen LogP contribution in [-0.4, -0.2) is 37.1 Å². The molecule has 0 aromatic carbocycles. The van der Waals surface area contributed by atoms with Crippen LogP contribution in [0, 0.1) is 6.92 Å². The van der Waals surface area contributed by atoms with Crippen LogP contribution in [0.2, 0.25) is 0 Å². The van der Waals surface area contributed by atoms with Crippen molar-refractivity contribution in [2.75, 3.05) is 27.2 Å². The number of aromatic nitrogens is 1. The Morgan fingerprint density at radius 3 is 2.73 bits per heavy atom. The predicted molar refractivity (Wildman–Crippen MR) is 62.4 cm³/mol. The van der Waals surface area contributed by atoms with Crippen molar-refractivity contribution in [1.82, 2.24) is 9.88 Å². The number of likely N-dealkylation sites (N-methyl/N-ethyl adjacent to an activating group) is 1. The molecule has 0 spiro atoms. The van der Waals surface area contributed by atoms with Crippen LogP contribution in [-0.2, 0) is 6.42 Å². The number of aryl methyl sites for hydroxylation is 1. The maximum absolute atomic E-state index is 5.08. The van der Waals surface area contributed by atoms with Crippen LogP contribution < -0.4 is 4.74 Å². The van der Waals surface area contributed by atoms with Crippen molar-refractivity contribution in [2.45, 2.75) is 20.3 Å². The first kappa shape index (κ1) is 12.0. The fourth-order valence-corrected chi connectivity index (χ4v) is 1.40. The Balaban J connectivity index is 2.62. The Bertz CT molecular complexity index is 312. The molecule has 3 nitrogen and oxygen atoms in total. The molecular weight excluding hydrogens is 188 g/mol. The standard InChI is InChI=1S/C12H20N2O/c1-5-14(3)7-6-11-9-13-12(15-4)8-10(11)2/h8-9H,5-7H2,1-4H3. The molecule has 0 aliphatic rings. The second-order valence-corrected chi connectivity index (χ2v) is 3.80. The molecule has 3 heteroatoms. The average molecular weight is 208 g/mol. The van der Waals surface area contributed by atoms with Gasteiger partial charge in [0.15, 0.2) is 0 Å². The van der Waals surface area contributed by atoms with Crippen LogP contribution in [0.1, 0.15) is 18.1 Å². The molecule has 0 aliphatic carbocycles. The van der Waals surface area contributed by atoms with Crippen LogP contribution in [0.5, 0.6) is 5.88 Å². The van der Waals surface area contributed by atoms with Gasteiger partial charge in [0, 0.05) is 18.8 Å². The fraction of sp³-hybridized carbons (Fsp3) is 0.583. The lowest BCUT2D eigenvalue weighted by Crippen LogP contribution is -2.20. The van der Waals surface area contributed by atoms with Gasteiger partial charge in [-0.2, -0.15) is 0 Å². The molecule has 0 aliphatic heterocycles. The topological polar surface area (TPSA) is 25.4 Å². The first-order valence-corrected chi connectivity index (χ1v) is 5.35. The molecule has 1 rings (SSSR count). The summed E-state index contributed by atoms with van der Waals surface area (Å²) in [7, 11) is 3.78. The molecule has 1 heterocycles. The van der Waals surface area contributed by atoms with Gasteiger partial charge < -0.3 is 9.64 Å². The van der Waals surface area contributed by atoms with Gasteiger partial charge in [-0.05, 0) is 38.1 Å². The highest BCUT2D eigenvalue weighted by Gasteiger charge is 2.02. The van der Waals surface area contributed by atoms with Crippen LogP contribution in [0.4, 0.5) is 0 Å². The monoisotopic (exact) mass is 208 g/mol. The van der Waals surface area contributed by atoms with Crippen LogP contribution in [0.25, 0.3) is 0 Å². The lowest BCUT2D eigenvalue weighted by molar-refractivity contribution is 0.356. The molecule has 0 bridgehead atoms. The summed E-state index contributed by atoms with van der Waals surface area (Å²) in [5.41, 5.74) is 2.56. The first-order valence-electron chi connectivity index (χ1n) is 5.35. The van der Waals surface area contributed by atoms with E-state index in [4.69, 9.17) is 4.74 Å². The zero-order valence-corrected chi connectivity index (χ0v) is 10.1. The number of pyridine rings is 1. The van der Waals surface area contributed by atoms with Gasteiger partial charge in [-0.25, -0.2) is 4.98 Å². The highest BCUT2D eigenvalue weighted by Crippen LogP contribution is 2.13. The number of rotatable bonds is 5. The highest BCUT2D eigenvalue weighted by molar-refractivity contribution is 5.28. The van der Waals surface area contributed by atoms with Crippen molar-refractivity contribution in [3.8, 4) is 5.88 Å². The summed E-state index contributed by atoms with van der Waals surface area (Å²) in [6.07, 6.45) is 2.96. The van der Waals surface area contributed by atoms with Crippen molar-refractivity contribution in [3.63, 3.8) is 0 Å². The molecule has 0 saturated carbocycles. The summed E-state index contributed by atoms with van der Waals surface area (Å²) < 4.78 is 5.08. The molecule has 0 radical (unpaired) electrons. The molecule has 0 fully saturated rings. The van der Waals surface area contributed by atoms with E-state index in [0.29, 0.717) is 5.88 Å². The zero-order chi connectivity index (χ0) is 11.3. The van der Waals surface area contributed by atoms with Crippen molar-refractivity contribution < 1.29 is 4.74 Å². The Kier molecular flexibility index (Phi) is 4.56. The maximum Gasteiger partial charge on any atom is 0.213 e. The van der Waals surface area contributed by atoms with E-state index >= 15 is 0 Å². The van der Waals surface area contributed by atoms with E-state index in [0.717, 1.165) is 19.5 Å². The third kappa shape index (κ3) is 3.51. The van der Waals surface area contributed by atoms with Crippen molar-refractivity contribution in [2.24, 2.45) is 0 Å². The minimum absolute atomic E-state index is 0.695. The summed E-state index contributed by atoms with van der Waals surface area (Å²) in [5.74, 6) is 0.695. The Labute approximate surface area is 92.1 Å². The quantitative estimate of drug-likeness (QED) is 0.739. The van der Waals surface area contributed by atoms with Gasteiger partial charge in [0.2, 0.25) is 5.88 Å². The Morgan fingerprint density at radius 1 is 1.47 bits per heavy atom. The molecule has 15 heavy (non-hydrogen) atoms. The zero-order valence-electron chi connectivity index (χ0n) is 10.1.